The molecule has 2 aromatic rings. The molecule has 3 atom stereocenters. The lowest BCUT2D eigenvalue weighted by molar-refractivity contribution is -0.147. The fraction of sp³-hybridized carbons (Fsp3) is 0.423. The van der Waals surface area contributed by atoms with Gasteiger partial charge in [0.15, 0.2) is 6.10 Å². The van der Waals surface area contributed by atoms with Crippen LogP contribution in [0, 0.1) is 5.41 Å². The summed E-state index contributed by atoms with van der Waals surface area (Å²) >= 11 is 0. The largest absolute Gasteiger partial charge is 0.479 e. The van der Waals surface area contributed by atoms with Crippen LogP contribution in [0.15, 0.2) is 48.5 Å². The molecule has 0 bridgehead atoms. The Morgan fingerprint density at radius 3 is 2.29 bits per heavy atom. The summed E-state index contributed by atoms with van der Waals surface area (Å²) in [7, 11) is 0. The molecule has 4 rings (SSSR count). The molecule has 2 amide bonds. The number of carboxylic acids is 1. The monoisotopic (exact) mass is 466 g/mol. The normalized spacial score (nSPS) is 22.2. The fourth-order valence-electron chi connectivity index (χ4n) is 5.10. The number of nitrogens with one attached hydrogen (secondary N) is 2. The first-order valence-electron chi connectivity index (χ1n) is 11.6. The number of alkyl carbamates (subject to hydrolysis) is 1. The van der Waals surface area contributed by atoms with Crippen LogP contribution in [0.3, 0.4) is 0 Å². The average Bonchev–Trinajstić information content (AvgIpc) is 3.16. The molecule has 1 fully saturated rings. The number of carboxylic acid groups (broad SMARTS) is 1. The Hall–Kier alpha value is -3.39. The van der Waals surface area contributed by atoms with Crippen LogP contribution < -0.4 is 10.6 Å². The van der Waals surface area contributed by atoms with Gasteiger partial charge in [-0.1, -0.05) is 61.4 Å². The van der Waals surface area contributed by atoms with Gasteiger partial charge in [0, 0.05) is 12.0 Å². The van der Waals surface area contributed by atoms with Gasteiger partial charge in [0.2, 0.25) is 5.91 Å². The van der Waals surface area contributed by atoms with Gasteiger partial charge in [-0.15, -0.1) is 0 Å². The number of rotatable bonds is 7. The second kappa shape index (κ2) is 9.85. The number of ether oxygens (including phenoxy) is 1. The zero-order valence-electron chi connectivity index (χ0n) is 19.1. The van der Waals surface area contributed by atoms with Crippen molar-refractivity contribution in [1.29, 1.82) is 0 Å². The van der Waals surface area contributed by atoms with Gasteiger partial charge in [-0.05, 0) is 42.0 Å². The van der Waals surface area contributed by atoms with E-state index in [0.29, 0.717) is 12.8 Å². The van der Waals surface area contributed by atoms with Gasteiger partial charge in [0.25, 0.3) is 0 Å². The molecule has 0 radical (unpaired) electrons. The molecule has 2 aromatic carbocycles. The van der Waals surface area contributed by atoms with Crippen molar-refractivity contribution >= 4 is 18.0 Å². The van der Waals surface area contributed by atoms with E-state index in [1.807, 2.05) is 24.3 Å². The van der Waals surface area contributed by atoms with Crippen molar-refractivity contribution < 1.29 is 29.3 Å². The maximum atomic E-state index is 12.9. The standard InChI is InChI=1S/C26H30N2O6/c1-26(24(32)27-14-21(29)23(30)31)13-7-6-12-22(26)28-25(33)34-15-20-18-10-4-2-8-16(18)17-9-3-5-11-19(17)20/h2-5,8-11,20-22,29H,6-7,12-15H2,1H3,(H,27,32)(H,28,33)(H,30,31)/t21-,22?,26?/m0/s1. The molecule has 2 aliphatic rings. The number of carbonyl (C=O) groups is 3. The van der Waals surface area contributed by atoms with Crippen LogP contribution >= 0.6 is 0 Å². The van der Waals surface area contributed by atoms with E-state index in [-0.39, 0.29) is 19.1 Å². The minimum Gasteiger partial charge on any atom is -0.479 e. The summed E-state index contributed by atoms with van der Waals surface area (Å²) < 4.78 is 5.65. The number of benzene rings is 2. The topological polar surface area (TPSA) is 125 Å². The summed E-state index contributed by atoms with van der Waals surface area (Å²) in [5.74, 6) is -1.85. The third-order valence-electron chi connectivity index (χ3n) is 7.10. The zero-order valence-corrected chi connectivity index (χ0v) is 19.1. The highest BCUT2D eigenvalue weighted by Gasteiger charge is 2.44. The summed E-state index contributed by atoms with van der Waals surface area (Å²) in [6, 6.07) is 15.7. The van der Waals surface area contributed by atoms with Gasteiger partial charge in [-0.3, -0.25) is 4.79 Å². The Balaban J connectivity index is 1.40. The minimum atomic E-state index is -1.68. The lowest BCUT2D eigenvalue weighted by Crippen LogP contribution is -2.56. The Morgan fingerprint density at radius 1 is 1.06 bits per heavy atom. The van der Waals surface area contributed by atoms with Crippen molar-refractivity contribution in [2.24, 2.45) is 5.41 Å². The third-order valence-corrected chi connectivity index (χ3v) is 7.10. The fourth-order valence-corrected chi connectivity index (χ4v) is 5.10. The Morgan fingerprint density at radius 2 is 1.68 bits per heavy atom. The van der Waals surface area contributed by atoms with Gasteiger partial charge in [-0.25, -0.2) is 9.59 Å². The molecule has 34 heavy (non-hydrogen) atoms. The van der Waals surface area contributed by atoms with Crippen molar-refractivity contribution in [3.8, 4) is 11.1 Å². The number of aliphatic hydroxyl groups excluding tert-OH is 1. The molecule has 8 heteroatoms. The van der Waals surface area contributed by atoms with Crippen molar-refractivity contribution in [3.63, 3.8) is 0 Å². The molecule has 180 valence electrons. The number of carbonyl (C=O) groups excluding carboxylic acids is 2. The average molecular weight is 467 g/mol. The molecular weight excluding hydrogens is 436 g/mol. The van der Waals surface area contributed by atoms with Crippen LogP contribution in [0.25, 0.3) is 11.1 Å². The summed E-state index contributed by atoms with van der Waals surface area (Å²) in [5.41, 5.74) is 3.60. The van der Waals surface area contributed by atoms with Gasteiger partial charge in [0.1, 0.15) is 6.61 Å². The van der Waals surface area contributed by atoms with Gasteiger partial charge < -0.3 is 25.6 Å². The van der Waals surface area contributed by atoms with Gasteiger partial charge in [0.05, 0.1) is 12.0 Å². The second-order valence-electron chi connectivity index (χ2n) is 9.25. The summed E-state index contributed by atoms with van der Waals surface area (Å²) in [4.78, 5) is 36.5. The first-order chi connectivity index (χ1) is 16.3. The van der Waals surface area contributed by atoms with Crippen LogP contribution in [0.5, 0.6) is 0 Å². The van der Waals surface area contributed by atoms with E-state index < -0.39 is 35.5 Å². The molecule has 2 aliphatic carbocycles. The zero-order chi connectivity index (χ0) is 24.3. The van der Waals surface area contributed by atoms with Crippen LogP contribution in [-0.2, 0) is 14.3 Å². The molecule has 4 N–H and O–H groups in total. The highest BCUT2D eigenvalue weighted by Crippen LogP contribution is 2.44. The number of fused-ring (bicyclic) bond motifs is 3. The summed E-state index contributed by atoms with van der Waals surface area (Å²) in [5, 5.41) is 23.7. The Labute approximate surface area is 198 Å². The van der Waals surface area contributed by atoms with Crippen molar-refractivity contribution in [2.75, 3.05) is 13.2 Å². The SMILES string of the molecule is CC1(C(=O)NC[C@H](O)C(=O)O)CCCCC1NC(=O)OCC1c2ccccc2-c2ccccc21. The molecular formula is C26H30N2O6. The predicted octanol–water partition coefficient (Wildman–Crippen LogP) is 3.04. The van der Waals surface area contributed by atoms with E-state index in [0.717, 1.165) is 35.1 Å². The van der Waals surface area contributed by atoms with Gasteiger partial charge in [-0.2, -0.15) is 0 Å². The smallest absolute Gasteiger partial charge is 0.407 e. The maximum absolute atomic E-state index is 12.9. The summed E-state index contributed by atoms with van der Waals surface area (Å²) in [6.07, 6.45) is 0.554. The highest BCUT2D eigenvalue weighted by molar-refractivity contribution is 5.85. The van der Waals surface area contributed by atoms with Crippen molar-refractivity contribution in [3.05, 3.63) is 59.7 Å². The minimum absolute atomic E-state index is 0.0586. The molecule has 0 saturated heterocycles. The van der Waals surface area contributed by atoms with E-state index in [1.54, 1.807) is 6.92 Å². The van der Waals surface area contributed by atoms with Crippen LogP contribution in [-0.4, -0.2) is 53.5 Å². The number of aliphatic carboxylic acids is 1. The number of aliphatic hydroxyl groups is 1. The van der Waals surface area contributed by atoms with E-state index >= 15 is 0 Å². The molecule has 0 aliphatic heterocycles. The molecule has 0 aromatic heterocycles. The van der Waals surface area contributed by atoms with Crippen molar-refractivity contribution in [2.45, 2.75) is 50.7 Å². The summed E-state index contributed by atoms with van der Waals surface area (Å²) in [6.45, 7) is 1.55. The quantitative estimate of drug-likeness (QED) is 0.497. The van der Waals surface area contributed by atoms with Crippen molar-refractivity contribution in [1.82, 2.24) is 10.6 Å². The van der Waals surface area contributed by atoms with Crippen LogP contribution in [0.4, 0.5) is 4.79 Å². The van der Waals surface area contributed by atoms with Gasteiger partial charge >= 0.3 is 12.1 Å². The first-order valence-corrected chi connectivity index (χ1v) is 11.6. The van der Waals surface area contributed by atoms with Crippen LogP contribution in [0.2, 0.25) is 0 Å². The van der Waals surface area contributed by atoms with E-state index in [2.05, 4.69) is 34.9 Å². The Bertz CT molecular complexity index is 1040. The number of hydrogen-bond donors (Lipinski definition) is 4. The molecule has 1 saturated carbocycles. The second-order valence-corrected chi connectivity index (χ2v) is 9.25. The lowest BCUT2D eigenvalue weighted by atomic mass is 9.71. The van der Waals surface area contributed by atoms with E-state index in [4.69, 9.17) is 9.84 Å². The molecule has 0 heterocycles. The Kier molecular flexibility index (Phi) is 6.88. The third kappa shape index (κ3) is 4.63. The first kappa shape index (κ1) is 23.8. The molecule has 8 nitrogen and oxygen atoms in total. The molecule has 0 spiro atoms. The van der Waals surface area contributed by atoms with Crippen LogP contribution in [0.1, 0.15) is 49.7 Å². The molecule has 2 unspecified atom stereocenters. The maximum Gasteiger partial charge on any atom is 0.407 e. The van der Waals surface area contributed by atoms with E-state index in [9.17, 15) is 19.5 Å². The number of hydrogen-bond acceptors (Lipinski definition) is 5. The lowest BCUT2D eigenvalue weighted by Gasteiger charge is -2.40. The number of amides is 2. The predicted molar refractivity (Wildman–Crippen MR) is 125 cm³/mol. The van der Waals surface area contributed by atoms with E-state index in [1.165, 1.54) is 0 Å². The highest BCUT2D eigenvalue weighted by atomic mass is 16.5.